The van der Waals surface area contributed by atoms with Crippen molar-refractivity contribution in [2.24, 2.45) is 0 Å². The molecule has 1 aliphatic rings. The standard InChI is InChI=1S/C29H36N/c1-5-8-9-12-23-15-14-22(4)26(19-23)24-16-17-25-21-29(6-2,7-3)30-18-11-10-13-28(30)27(25)20-24/h10-11,13-20H,5-9,12,21H2,1-4H3/q+1. The minimum Gasteiger partial charge on any atom is -0.193 e. The van der Waals surface area contributed by atoms with Crippen LogP contribution in [-0.4, -0.2) is 0 Å². The highest BCUT2D eigenvalue weighted by atomic mass is 15.1. The van der Waals surface area contributed by atoms with Crippen LogP contribution < -0.4 is 4.57 Å². The molecule has 0 spiro atoms. The first kappa shape index (κ1) is 20.8. The first-order chi connectivity index (χ1) is 14.6. The Bertz CT molecular complexity index is 1030. The molecule has 1 aliphatic heterocycles. The van der Waals surface area contributed by atoms with Crippen LogP contribution in [0.4, 0.5) is 0 Å². The molecular formula is C29H36N+. The van der Waals surface area contributed by atoms with E-state index < -0.39 is 0 Å². The number of pyridine rings is 1. The molecule has 2 aromatic carbocycles. The van der Waals surface area contributed by atoms with Gasteiger partial charge in [0.25, 0.3) is 0 Å². The van der Waals surface area contributed by atoms with E-state index in [1.165, 1.54) is 64.8 Å². The average Bonchev–Trinajstić information content (AvgIpc) is 2.79. The van der Waals surface area contributed by atoms with Crippen LogP contribution in [0.15, 0.2) is 60.8 Å². The second-order valence-corrected chi connectivity index (χ2v) is 9.04. The highest BCUT2D eigenvalue weighted by Crippen LogP contribution is 2.38. The minimum absolute atomic E-state index is 0.195. The molecule has 1 nitrogen and oxygen atoms in total. The monoisotopic (exact) mass is 398 g/mol. The van der Waals surface area contributed by atoms with Crippen molar-refractivity contribution in [1.82, 2.24) is 0 Å². The van der Waals surface area contributed by atoms with Crippen molar-refractivity contribution < 1.29 is 4.57 Å². The lowest BCUT2D eigenvalue weighted by molar-refractivity contribution is -0.758. The number of unbranched alkanes of at least 4 members (excludes halogenated alkanes) is 2. The van der Waals surface area contributed by atoms with Crippen LogP contribution in [0.3, 0.4) is 0 Å². The minimum atomic E-state index is 0.195. The summed E-state index contributed by atoms with van der Waals surface area (Å²) in [5, 5.41) is 0. The van der Waals surface area contributed by atoms with Crippen molar-refractivity contribution >= 4 is 0 Å². The maximum absolute atomic E-state index is 2.55. The fraction of sp³-hybridized carbons (Fsp3) is 0.414. The van der Waals surface area contributed by atoms with Gasteiger partial charge >= 0.3 is 0 Å². The summed E-state index contributed by atoms with van der Waals surface area (Å²) in [6, 6.07) is 20.9. The molecule has 0 fully saturated rings. The van der Waals surface area contributed by atoms with E-state index >= 15 is 0 Å². The Labute approximate surface area is 182 Å². The highest BCUT2D eigenvalue weighted by molar-refractivity contribution is 5.75. The van der Waals surface area contributed by atoms with Crippen molar-refractivity contribution in [3.63, 3.8) is 0 Å². The van der Waals surface area contributed by atoms with Crippen molar-refractivity contribution in [2.45, 2.75) is 78.2 Å². The lowest BCUT2D eigenvalue weighted by atomic mass is 9.78. The molecule has 0 bridgehead atoms. The molecule has 156 valence electrons. The Morgan fingerprint density at radius 2 is 1.70 bits per heavy atom. The summed E-state index contributed by atoms with van der Waals surface area (Å²) in [6.45, 7) is 9.18. The van der Waals surface area contributed by atoms with Crippen LogP contribution in [-0.2, 0) is 18.4 Å². The second kappa shape index (κ2) is 8.76. The molecule has 0 atom stereocenters. The van der Waals surface area contributed by atoms with Crippen molar-refractivity contribution in [1.29, 1.82) is 0 Å². The first-order valence-electron chi connectivity index (χ1n) is 11.9. The third kappa shape index (κ3) is 3.71. The van der Waals surface area contributed by atoms with Gasteiger partial charge in [-0.3, -0.25) is 0 Å². The Balaban J connectivity index is 1.77. The summed E-state index contributed by atoms with van der Waals surface area (Å²) in [7, 11) is 0. The Morgan fingerprint density at radius 1 is 0.867 bits per heavy atom. The van der Waals surface area contributed by atoms with E-state index in [4.69, 9.17) is 0 Å². The first-order valence-corrected chi connectivity index (χ1v) is 11.9. The van der Waals surface area contributed by atoms with E-state index in [0.717, 1.165) is 19.3 Å². The number of benzene rings is 2. The molecule has 3 aromatic rings. The predicted octanol–water partition coefficient (Wildman–Crippen LogP) is 7.42. The molecule has 0 saturated heterocycles. The molecule has 4 rings (SSSR count). The van der Waals surface area contributed by atoms with Crippen LogP contribution in [0.2, 0.25) is 0 Å². The summed E-state index contributed by atoms with van der Waals surface area (Å²) >= 11 is 0. The molecular weight excluding hydrogens is 362 g/mol. The molecule has 0 amide bonds. The number of hydrogen-bond acceptors (Lipinski definition) is 0. The number of aryl methyl sites for hydroxylation is 2. The van der Waals surface area contributed by atoms with Crippen molar-refractivity contribution in [3.8, 4) is 22.4 Å². The fourth-order valence-electron chi connectivity index (χ4n) is 5.21. The fourth-order valence-corrected chi connectivity index (χ4v) is 5.21. The van der Waals surface area contributed by atoms with Gasteiger partial charge in [0, 0.05) is 31.4 Å². The number of hydrogen-bond donors (Lipinski definition) is 0. The molecule has 1 heteroatoms. The van der Waals surface area contributed by atoms with E-state index in [1.54, 1.807) is 0 Å². The molecule has 0 aliphatic carbocycles. The molecule has 1 aromatic heterocycles. The SMILES string of the molecule is CCCCCc1ccc(C)c(-c2ccc3c(c2)-c2cccc[n+]2C(CC)(CC)C3)c1. The van der Waals surface area contributed by atoms with Gasteiger partial charge in [-0.15, -0.1) is 0 Å². The summed E-state index contributed by atoms with van der Waals surface area (Å²) in [4.78, 5) is 0. The maximum Gasteiger partial charge on any atom is 0.213 e. The van der Waals surface area contributed by atoms with Gasteiger partial charge in [-0.1, -0.05) is 63.9 Å². The number of fused-ring (bicyclic) bond motifs is 3. The number of aromatic nitrogens is 1. The summed E-state index contributed by atoms with van der Waals surface area (Å²) in [6.07, 6.45) is 10.8. The van der Waals surface area contributed by atoms with Gasteiger partial charge in [0.2, 0.25) is 5.69 Å². The van der Waals surface area contributed by atoms with Crippen molar-refractivity contribution in [3.05, 3.63) is 77.5 Å². The quantitative estimate of drug-likeness (QED) is 0.288. The van der Waals surface area contributed by atoms with Crippen LogP contribution in [0, 0.1) is 6.92 Å². The van der Waals surface area contributed by atoms with Gasteiger partial charge in [-0.05, 0) is 59.7 Å². The van der Waals surface area contributed by atoms with Crippen LogP contribution in [0.5, 0.6) is 0 Å². The van der Waals surface area contributed by atoms with E-state index in [1.807, 2.05) is 0 Å². The average molecular weight is 399 g/mol. The Morgan fingerprint density at radius 3 is 2.47 bits per heavy atom. The smallest absolute Gasteiger partial charge is 0.193 e. The molecule has 0 radical (unpaired) electrons. The lowest BCUT2D eigenvalue weighted by Crippen LogP contribution is -2.60. The summed E-state index contributed by atoms with van der Waals surface area (Å²) < 4.78 is 2.55. The lowest BCUT2D eigenvalue weighted by Gasteiger charge is -2.33. The molecule has 0 unspecified atom stereocenters. The van der Waals surface area contributed by atoms with Crippen LogP contribution >= 0.6 is 0 Å². The van der Waals surface area contributed by atoms with Gasteiger partial charge in [0.05, 0.1) is 5.56 Å². The van der Waals surface area contributed by atoms with Gasteiger partial charge in [0.1, 0.15) is 0 Å². The molecule has 2 heterocycles. The van der Waals surface area contributed by atoms with E-state index in [0.29, 0.717) is 0 Å². The second-order valence-electron chi connectivity index (χ2n) is 9.04. The van der Waals surface area contributed by atoms with E-state index in [2.05, 4.69) is 93.1 Å². The number of rotatable bonds is 7. The zero-order valence-electron chi connectivity index (χ0n) is 19.2. The molecule has 30 heavy (non-hydrogen) atoms. The summed E-state index contributed by atoms with van der Waals surface area (Å²) in [5.74, 6) is 0. The molecule has 0 N–H and O–H groups in total. The summed E-state index contributed by atoms with van der Waals surface area (Å²) in [5.41, 5.74) is 10.0. The third-order valence-electron chi connectivity index (χ3n) is 7.27. The van der Waals surface area contributed by atoms with Crippen molar-refractivity contribution in [2.75, 3.05) is 0 Å². The maximum atomic E-state index is 2.55. The molecule has 0 saturated carbocycles. The van der Waals surface area contributed by atoms with Gasteiger partial charge in [-0.2, -0.15) is 4.57 Å². The zero-order chi connectivity index (χ0) is 21.1. The number of nitrogens with zero attached hydrogens (tertiary/aromatic N) is 1. The largest absolute Gasteiger partial charge is 0.213 e. The van der Waals surface area contributed by atoms with E-state index in [-0.39, 0.29) is 5.54 Å². The van der Waals surface area contributed by atoms with Gasteiger partial charge < -0.3 is 0 Å². The predicted molar refractivity (Wildman–Crippen MR) is 128 cm³/mol. The Kier molecular flexibility index (Phi) is 6.09. The van der Waals surface area contributed by atoms with E-state index in [9.17, 15) is 0 Å². The highest BCUT2D eigenvalue weighted by Gasteiger charge is 2.43. The van der Waals surface area contributed by atoms with Crippen LogP contribution in [0.1, 0.15) is 69.6 Å². The topological polar surface area (TPSA) is 3.88 Å². The van der Waals surface area contributed by atoms with Gasteiger partial charge in [-0.25, -0.2) is 0 Å². The van der Waals surface area contributed by atoms with Crippen LogP contribution in [0.25, 0.3) is 22.4 Å². The Hall–Kier alpha value is -2.41. The zero-order valence-corrected chi connectivity index (χ0v) is 19.2. The van der Waals surface area contributed by atoms with Gasteiger partial charge in [0.15, 0.2) is 11.7 Å². The third-order valence-corrected chi connectivity index (χ3v) is 7.27. The normalized spacial score (nSPS) is 14.3.